The first kappa shape index (κ1) is 8.02. The van der Waals surface area contributed by atoms with E-state index in [-0.39, 0.29) is 0 Å². The second-order valence-electron chi connectivity index (χ2n) is 3.58. The van der Waals surface area contributed by atoms with E-state index in [0.717, 1.165) is 11.8 Å². The Hall–Kier alpha value is -0.0800. The summed E-state index contributed by atoms with van der Waals surface area (Å²) in [6, 6.07) is 0.550. The van der Waals surface area contributed by atoms with E-state index in [1.165, 1.54) is 19.3 Å². The van der Waals surface area contributed by atoms with Crippen molar-refractivity contribution >= 4 is 0 Å². The second kappa shape index (κ2) is 3.35. The maximum absolute atomic E-state index is 5.43. The Labute approximate surface area is 63.1 Å². The standard InChI is InChI=1S/C8H18N2/c1-6-4-3-5-7(2)8(6)10-9/h6-8,10H,3-5,9H2,1-2H3/t6-,7-/m0/s1. The summed E-state index contributed by atoms with van der Waals surface area (Å²) in [6.45, 7) is 4.56. The molecule has 0 radical (unpaired) electrons. The normalized spacial score (nSPS) is 36.3. The van der Waals surface area contributed by atoms with Gasteiger partial charge in [0.2, 0.25) is 0 Å². The molecule has 0 aromatic heterocycles. The monoisotopic (exact) mass is 142 g/mol. The van der Waals surface area contributed by atoms with Crippen molar-refractivity contribution in [2.75, 3.05) is 0 Å². The Bertz CT molecular complexity index is 93.4. The molecule has 1 saturated carbocycles. The van der Waals surface area contributed by atoms with Crippen LogP contribution in [0.2, 0.25) is 0 Å². The van der Waals surface area contributed by atoms with Crippen LogP contribution in [0, 0.1) is 11.8 Å². The van der Waals surface area contributed by atoms with Crippen LogP contribution in [-0.4, -0.2) is 6.04 Å². The molecule has 2 heteroatoms. The third-order valence-corrected chi connectivity index (χ3v) is 2.74. The molecule has 0 aliphatic heterocycles. The second-order valence-corrected chi connectivity index (χ2v) is 3.58. The van der Waals surface area contributed by atoms with Gasteiger partial charge < -0.3 is 0 Å². The van der Waals surface area contributed by atoms with Gasteiger partial charge in [-0.3, -0.25) is 11.3 Å². The van der Waals surface area contributed by atoms with Crippen molar-refractivity contribution in [1.29, 1.82) is 0 Å². The molecule has 0 aromatic carbocycles. The molecule has 1 aliphatic rings. The van der Waals surface area contributed by atoms with Gasteiger partial charge in [-0.05, 0) is 24.7 Å². The molecule has 0 unspecified atom stereocenters. The first-order valence-electron chi connectivity index (χ1n) is 4.22. The minimum absolute atomic E-state index is 0.550. The zero-order valence-electron chi connectivity index (χ0n) is 6.93. The molecule has 0 bridgehead atoms. The Morgan fingerprint density at radius 1 is 1.20 bits per heavy atom. The van der Waals surface area contributed by atoms with Gasteiger partial charge in [-0.1, -0.05) is 20.3 Å². The summed E-state index contributed by atoms with van der Waals surface area (Å²) in [5, 5.41) is 0. The van der Waals surface area contributed by atoms with Crippen LogP contribution >= 0.6 is 0 Å². The van der Waals surface area contributed by atoms with E-state index in [2.05, 4.69) is 19.3 Å². The van der Waals surface area contributed by atoms with E-state index in [4.69, 9.17) is 5.84 Å². The maximum atomic E-state index is 5.43. The number of hydrogen-bond donors (Lipinski definition) is 2. The summed E-state index contributed by atoms with van der Waals surface area (Å²) in [5.74, 6) is 6.95. The van der Waals surface area contributed by atoms with Gasteiger partial charge in [-0.2, -0.15) is 0 Å². The summed E-state index contributed by atoms with van der Waals surface area (Å²) in [7, 11) is 0. The minimum Gasteiger partial charge on any atom is -0.271 e. The fourth-order valence-corrected chi connectivity index (χ4v) is 2.01. The number of hydrogen-bond acceptors (Lipinski definition) is 2. The summed E-state index contributed by atoms with van der Waals surface area (Å²) in [5.41, 5.74) is 2.90. The van der Waals surface area contributed by atoms with Gasteiger partial charge in [-0.25, -0.2) is 0 Å². The highest BCUT2D eigenvalue weighted by Gasteiger charge is 2.25. The molecule has 0 spiro atoms. The van der Waals surface area contributed by atoms with E-state index in [0.29, 0.717) is 6.04 Å². The molecule has 3 N–H and O–H groups in total. The summed E-state index contributed by atoms with van der Waals surface area (Å²) < 4.78 is 0. The SMILES string of the molecule is C[C@H]1CCC[C@H](C)C1NN. The van der Waals surface area contributed by atoms with Crippen molar-refractivity contribution in [2.45, 2.75) is 39.2 Å². The van der Waals surface area contributed by atoms with Gasteiger partial charge in [0.25, 0.3) is 0 Å². The van der Waals surface area contributed by atoms with Crippen molar-refractivity contribution in [2.24, 2.45) is 17.7 Å². The molecule has 0 amide bonds. The lowest BCUT2D eigenvalue weighted by Gasteiger charge is -2.33. The Kier molecular flexibility index (Phi) is 2.69. The largest absolute Gasteiger partial charge is 0.271 e. The van der Waals surface area contributed by atoms with Gasteiger partial charge >= 0.3 is 0 Å². The quantitative estimate of drug-likeness (QED) is 0.427. The third kappa shape index (κ3) is 1.50. The van der Waals surface area contributed by atoms with E-state index in [1.807, 2.05) is 0 Å². The van der Waals surface area contributed by atoms with Crippen LogP contribution < -0.4 is 11.3 Å². The number of rotatable bonds is 1. The molecule has 1 rings (SSSR count). The number of hydrazine groups is 1. The fourth-order valence-electron chi connectivity index (χ4n) is 2.01. The average Bonchev–Trinajstić information content (AvgIpc) is 1.88. The highest BCUT2D eigenvalue weighted by Crippen LogP contribution is 2.27. The Morgan fingerprint density at radius 2 is 1.70 bits per heavy atom. The van der Waals surface area contributed by atoms with Gasteiger partial charge in [0.05, 0.1) is 0 Å². The Balaban J connectivity index is 2.45. The zero-order chi connectivity index (χ0) is 7.56. The minimum atomic E-state index is 0.550. The van der Waals surface area contributed by atoms with Crippen molar-refractivity contribution in [1.82, 2.24) is 5.43 Å². The van der Waals surface area contributed by atoms with Crippen molar-refractivity contribution in [3.05, 3.63) is 0 Å². The molecule has 1 fully saturated rings. The van der Waals surface area contributed by atoms with Crippen LogP contribution in [-0.2, 0) is 0 Å². The van der Waals surface area contributed by atoms with E-state index >= 15 is 0 Å². The molecule has 60 valence electrons. The zero-order valence-corrected chi connectivity index (χ0v) is 6.93. The highest BCUT2D eigenvalue weighted by molar-refractivity contribution is 4.81. The average molecular weight is 142 g/mol. The molecule has 2 nitrogen and oxygen atoms in total. The van der Waals surface area contributed by atoms with E-state index < -0.39 is 0 Å². The first-order chi connectivity index (χ1) is 4.75. The van der Waals surface area contributed by atoms with Gasteiger partial charge in [-0.15, -0.1) is 0 Å². The Morgan fingerprint density at radius 3 is 2.00 bits per heavy atom. The van der Waals surface area contributed by atoms with Crippen LogP contribution in [0.1, 0.15) is 33.1 Å². The molecule has 10 heavy (non-hydrogen) atoms. The maximum Gasteiger partial charge on any atom is 0.0261 e. The predicted molar refractivity (Wildman–Crippen MR) is 43.3 cm³/mol. The highest BCUT2D eigenvalue weighted by atomic mass is 15.2. The molecule has 0 aromatic rings. The molecule has 1 aliphatic carbocycles. The van der Waals surface area contributed by atoms with Crippen molar-refractivity contribution < 1.29 is 0 Å². The van der Waals surface area contributed by atoms with Crippen molar-refractivity contribution in [3.63, 3.8) is 0 Å². The van der Waals surface area contributed by atoms with E-state index in [1.54, 1.807) is 0 Å². The summed E-state index contributed by atoms with van der Waals surface area (Å²) in [4.78, 5) is 0. The van der Waals surface area contributed by atoms with Crippen LogP contribution in [0.5, 0.6) is 0 Å². The van der Waals surface area contributed by atoms with Crippen molar-refractivity contribution in [3.8, 4) is 0 Å². The molecule has 0 heterocycles. The lowest BCUT2D eigenvalue weighted by Crippen LogP contribution is -2.46. The van der Waals surface area contributed by atoms with E-state index in [9.17, 15) is 0 Å². The van der Waals surface area contributed by atoms with Gasteiger partial charge in [0.15, 0.2) is 0 Å². The summed E-state index contributed by atoms with van der Waals surface area (Å²) >= 11 is 0. The van der Waals surface area contributed by atoms with Gasteiger partial charge in [0, 0.05) is 6.04 Å². The fraction of sp³-hybridized carbons (Fsp3) is 1.00. The lowest BCUT2D eigenvalue weighted by atomic mass is 9.79. The predicted octanol–water partition coefficient (Wildman–Crippen LogP) is 1.27. The van der Waals surface area contributed by atoms with Crippen LogP contribution in [0.4, 0.5) is 0 Å². The molecule has 2 atom stereocenters. The smallest absolute Gasteiger partial charge is 0.0261 e. The molecular formula is C8H18N2. The van der Waals surface area contributed by atoms with Crippen LogP contribution in [0.15, 0.2) is 0 Å². The lowest BCUT2D eigenvalue weighted by molar-refractivity contribution is 0.211. The number of nitrogens with one attached hydrogen (secondary N) is 1. The van der Waals surface area contributed by atoms with Crippen LogP contribution in [0.3, 0.4) is 0 Å². The van der Waals surface area contributed by atoms with Gasteiger partial charge in [0.1, 0.15) is 0 Å². The third-order valence-electron chi connectivity index (χ3n) is 2.74. The molecule has 0 saturated heterocycles. The topological polar surface area (TPSA) is 38.0 Å². The first-order valence-corrected chi connectivity index (χ1v) is 4.22. The molecular weight excluding hydrogens is 124 g/mol. The summed E-state index contributed by atoms with van der Waals surface area (Å²) in [6.07, 6.45) is 4.04. The number of nitrogens with two attached hydrogens (primary N) is 1. The van der Waals surface area contributed by atoms with Crippen LogP contribution in [0.25, 0.3) is 0 Å².